The Kier molecular flexibility index (Phi) is 3.90. The van der Waals surface area contributed by atoms with Gasteiger partial charge in [-0.05, 0) is 31.0 Å². The molecule has 2 rings (SSSR count). The highest BCUT2D eigenvalue weighted by Gasteiger charge is 2.05. The highest BCUT2D eigenvalue weighted by atomic mass is 79.9. The number of rotatable bonds is 4. The lowest BCUT2D eigenvalue weighted by Crippen LogP contribution is -2.17. The van der Waals surface area contributed by atoms with Crippen LogP contribution >= 0.6 is 27.3 Å². The highest BCUT2D eigenvalue weighted by Crippen LogP contribution is 2.14. The van der Waals surface area contributed by atoms with Gasteiger partial charge in [-0.2, -0.15) is 0 Å². The zero-order chi connectivity index (χ0) is 11.4. The normalized spacial score (nSPS) is 12.4. The summed E-state index contributed by atoms with van der Waals surface area (Å²) in [5.74, 6) is 0. The smallest absolute Gasteiger partial charge is 0.205 e. The van der Waals surface area contributed by atoms with Crippen LogP contribution in [-0.4, -0.2) is 16.2 Å². The average molecular weight is 298 g/mol. The lowest BCUT2D eigenvalue weighted by Gasteiger charge is -2.12. The fourth-order valence-corrected chi connectivity index (χ4v) is 2.29. The summed E-state index contributed by atoms with van der Waals surface area (Å²) in [6.45, 7) is 2.14. The summed E-state index contributed by atoms with van der Waals surface area (Å²) in [7, 11) is 0. The molecule has 1 atom stereocenters. The SMILES string of the molecule is CC(Cc1ccc(Br)cc1)Nc1nncs1. The number of nitrogens with zero attached hydrogens (tertiary/aromatic N) is 2. The van der Waals surface area contributed by atoms with Gasteiger partial charge in [0, 0.05) is 10.5 Å². The molecule has 0 radical (unpaired) electrons. The van der Waals surface area contributed by atoms with E-state index in [1.165, 1.54) is 16.9 Å². The second-order valence-corrected chi connectivity index (χ2v) is 5.37. The first-order chi connectivity index (χ1) is 7.74. The van der Waals surface area contributed by atoms with Gasteiger partial charge >= 0.3 is 0 Å². The van der Waals surface area contributed by atoms with Gasteiger partial charge in [0.05, 0.1) is 0 Å². The Morgan fingerprint density at radius 2 is 2.12 bits per heavy atom. The van der Waals surface area contributed by atoms with Crippen molar-refractivity contribution in [1.29, 1.82) is 0 Å². The van der Waals surface area contributed by atoms with Gasteiger partial charge < -0.3 is 5.32 Å². The third-order valence-electron chi connectivity index (χ3n) is 2.19. The molecule has 16 heavy (non-hydrogen) atoms. The number of hydrogen-bond donors (Lipinski definition) is 1. The first-order valence-corrected chi connectivity index (χ1v) is 6.68. The summed E-state index contributed by atoms with van der Waals surface area (Å²) in [6.07, 6.45) is 0.979. The maximum absolute atomic E-state index is 3.96. The van der Waals surface area contributed by atoms with Crippen LogP contribution in [0.4, 0.5) is 5.13 Å². The maximum Gasteiger partial charge on any atom is 0.205 e. The molecule has 0 saturated heterocycles. The molecule has 0 spiro atoms. The molecule has 0 aliphatic carbocycles. The summed E-state index contributed by atoms with van der Waals surface area (Å²) in [6, 6.07) is 8.74. The van der Waals surface area contributed by atoms with E-state index in [2.05, 4.69) is 62.6 Å². The Labute approximate surface area is 107 Å². The van der Waals surface area contributed by atoms with Gasteiger partial charge in [0.25, 0.3) is 0 Å². The predicted octanol–water partition coefficient (Wildman–Crippen LogP) is 3.34. The minimum atomic E-state index is 0.356. The molecule has 0 amide bonds. The third kappa shape index (κ3) is 3.28. The summed E-state index contributed by atoms with van der Waals surface area (Å²) >= 11 is 4.95. The Morgan fingerprint density at radius 1 is 1.38 bits per heavy atom. The zero-order valence-electron chi connectivity index (χ0n) is 8.85. The largest absolute Gasteiger partial charge is 0.357 e. The number of aromatic nitrogens is 2. The molecule has 1 aromatic heterocycles. The number of nitrogens with one attached hydrogen (secondary N) is 1. The van der Waals surface area contributed by atoms with Crippen molar-refractivity contribution in [3.63, 3.8) is 0 Å². The number of halogens is 1. The molecule has 1 unspecified atom stereocenters. The molecule has 84 valence electrons. The van der Waals surface area contributed by atoms with E-state index in [-0.39, 0.29) is 0 Å². The highest BCUT2D eigenvalue weighted by molar-refractivity contribution is 9.10. The van der Waals surface area contributed by atoms with E-state index in [1.54, 1.807) is 5.51 Å². The summed E-state index contributed by atoms with van der Waals surface area (Å²) in [5, 5.41) is 12.0. The van der Waals surface area contributed by atoms with Crippen LogP contribution in [0.1, 0.15) is 12.5 Å². The Hall–Kier alpha value is -0.940. The van der Waals surface area contributed by atoms with Crippen molar-refractivity contribution in [1.82, 2.24) is 10.2 Å². The first-order valence-electron chi connectivity index (χ1n) is 5.01. The van der Waals surface area contributed by atoms with E-state index < -0.39 is 0 Å². The summed E-state index contributed by atoms with van der Waals surface area (Å²) in [4.78, 5) is 0. The summed E-state index contributed by atoms with van der Waals surface area (Å²) in [5.41, 5.74) is 3.04. The molecule has 0 saturated carbocycles. The second-order valence-electron chi connectivity index (χ2n) is 3.62. The molecule has 0 aliphatic rings. The number of hydrogen-bond acceptors (Lipinski definition) is 4. The molecule has 1 aromatic carbocycles. The second kappa shape index (κ2) is 5.41. The monoisotopic (exact) mass is 297 g/mol. The van der Waals surface area contributed by atoms with Crippen LogP contribution in [0.2, 0.25) is 0 Å². The molecule has 0 aliphatic heterocycles. The average Bonchev–Trinajstić information content (AvgIpc) is 2.74. The van der Waals surface area contributed by atoms with Crippen molar-refractivity contribution in [2.24, 2.45) is 0 Å². The zero-order valence-corrected chi connectivity index (χ0v) is 11.3. The van der Waals surface area contributed by atoms with E-state index in [4.69, 9.17) is 0 Å². The van der Waals surface area contributed by atoms with Crippen molar-refractivity contribution in [2.75, 3.05) is 5.32 Å². The van der Waals surface area contributed by atoms with Crippen LogP contribution in [0, 0.1) is 0 Å². The van der Waals surface area contributed by atoms with Gasteiger partial charge in [0.1, 0.15) is 5.51 Å². The molecule has 0 fully saturated rings. The fourth-order valence-electron chi connectivity index (χ4n) is 1.47. The molecule has 5 heteroatoms. The minimum Gasteiger partial charge on any atom is -0.357 e. The minimum absolute atomic E-state index is 0.356. The van der Waals surface area contributed by atoms with Crippen LogP contribution in [0.15, 0.2) is 34.2 Å². The van der Waals surface area contributed by atoms with Crippen molar-refractivity contribution >= 4 is 32.4 Å². The maximum atomic E-state index is 3.96. The molecule has 0 bridgehead atoms. The molecule has 2 aromatic rings. The predicted molar refractivity (Wildman–Crippen MR) is 70.8 cm³/mol. The summed E-state index contributed by atoms with van der Waals surface area (Å²) < 4.78 is 1.11. The molecular weight excluding hydrogens is 286 g/mol. The van der Waals surface area contributed by atoms with Crippen LogP contribution in [0.5, 0.6) is 0 Å². The van der Waals surface area contributed by atoms with Gasteiger partial charge in [-0.3, -0.25) is 0 Å². The van der Waals surface area contributed by atoms with Crippen molar-refractivity contribution < 1.29 is 0 Å². The Balaban J connectivity index is 1.92. The topological polar surface area (TPSA) is 37.8 Å². The van der Waals surface area contributed by atoms with E-state index in [0.29, 0.717) is 6.04 Å². The number of benzene rings is 1. The lowest BCUT2D eigenvalue weighted by molar-refractivity contribution is 0.785. The lowest BCUT2D eigenvalue weighted by atomic mass is 10.1. The first kappa shape index (κ1) is 11.5. The van der Waals surface area contributed by atoms with Crippen molar-refractivity contribution in [3.05, 3.63) is 39.8 Å². The van der Waals surface area contributed by atoms with E-state index >= 15 is 0 Å². The molecule has 1 N–H and O–H groups in total. The number of anilines is 1. The third-order valence-corrected chi connectivity index (χ3v) is 3.34. The van der Waals surface area contributed by atoms with Gasteiger partial charge in [-0.15, -0.1) is 10.2 Å². The van der Waals surface area contributed by atoms with Crippen molar-refractivity contribution in [2.45, 2.75) is 19.4 Å². The van der Waals surface area contributed by atoms with E-state index in [1.807, 2.05) is 0 Å². The van der Waals surface area contributed by atoms with Gasteiger partial charge in [0.2, 0.25) is 5.13 Å². The van der Waals surface area contributed by atoms with Crippen LogP contribution in [-0.2, 0) is 6.42 Å². The van der Waals surface area contributed by atoms with Crippen LogP contribution in [0.25, 0.3) is 0 Å². The van der Waals surface area contributed by atoms with Crippen LogP contribution in [0.3, 0.4) is 0 Å². The van der Waals surface area contributed by atoms with Crippen molar-refractivity contribution in [3.8, 4) is 0 Å². The molecule has 3 nitrogen and oxygen atoms in total. The van der Waals surface area contributed by atoms with Crippen LogP contribution < -0.4 is 5.32 Å². The van der Waals surface area contributed by atoms with E-state index in [9.17, 15) is 0 Å². The Bertz CT molecular complexity index is 427. The standard InChI is InChI=1S/C11H12BrN3S/c1-8(14-11-15-13-7-16-11)6-9-2-4-10(12)5-3-9/h2-5,7-8H,6H2,1H3,(H,14,15). The van der Waals surface area contributed by atoms with E-state index in [0.717, 1.165) is 16.0 Å². The fraction of sp³-hybridized carbons (Fsp3) is 0.273. The van der Waals surface area contributed by atoms with Gasteiger partial charge in [-0.25, -0.2) is 0 Å². The van der Waals surface area contributed by atoms with Gasteiger partial charge in [-0.1, -0.05) is 39.4 Å². The van der Waals surface area contributed by atoms with Gasteiger partial charge in [0.15, 0.2) is 0 Å². The molecular formula is C11H12BrN3S. The Morgan fingerprint density at radius 3 is 2.75 bits per heavy atom. The molecule has 1 heterocycles. The quantitative estimate of drug-likeness (QED) is 0.940.